The Balaban J connectivity index is 1.57. The molecule has 0 aliphatic carbocycles. The van der Waals surface area contributed by atoms with Crippen molar-refractivity contribution in [3.63, 3.8) is 0 Å². The Hall–Kier alpha value is -2.95. The first kappa shape index (κ1) is 25.2. The Morgan fingerprint density at radius 2 is 1.63 bits per heavy atom. The molecule has 0 radical (unpaired) electrons. The van der Waals surface area contributed by atoms with Crippen LogP contribution in [0.2, 0.25) is 0 Å². The molecule has 1 aliphatic rings. The smallest absolute Gasteiger partial charge is 0.238 e. The minimum absolute atomic E-state index is 0.109. The van der Waals surface area contributed by atoms with Gasteiger partial charge < -0.3 is 34.6 Å². The molecule has 0 amide bonds. The lowest BCUT2D eigenvalue weighted by Gasteiger charge is -2.39. The molecule has 1 unspecified atom stereocenters. The van der Waals surface area contributed by atoms with Gasteiger partial charge in [0, 0.05) is 17.7 Å². The highest BCUT2D eigenvalue weighted by Crippen LogP contribution is 2.32. The lowest BCUT2D eigenvalue weighted by molar-refractivity contribution is -0.278. The summed E-state index contributed by atoms with van der Waals surface area (Å²) in [7, 11) is 0. The zero-order valence-electron chi connectivity index (χ0n) is 19.7. The molecule has 3 aromatic rings. The van der Waals surface area contributed by atoms with E-state index in [-0.39, 0.29) is 11.8 Å². The summed E-state index contributed by atoms with van der Waals surface area (Å²) < 4.78 is 17.4. The molecule has 1 fully saturated rings. The number of hydrogen-bond acceptors (Lipinski definition) is 8. The number of nitrogens with zero attached hydrogens (tertiary/aromatic N) is 1. The molecular weight excluding hydrogens is 452 g/mol. The third-order valence-electron chi connectivity index (χ3n) is 6.14. The van der Waals surface area contributed by atoms with Crippen molar-refractivity contribution in [2.45, 2.75) is 63.5 Å². The van der Waals surface area contributed by atoms with Gasteiger partial charge in [0.15, 0.2) is 0 Å². The first-order chi connectivity index (χ1) is 16.9. The Kier molecular flexibility index (Phi) is 8.04. The number of ether oxygens (including phenoxy) is 3. The zero-order valence-corrected chi connectivity index (χ0v) is 19.7. The predicted octanol–water partition coefficient (Wildman–Crippen LogP) is 1.88. The fourth-order valence-electron chi connectivity index (χ4n) is 4.12. The van der Waals surface area contributed by atoms with Crippen LogP contribution in [-0.4, -0.2) is 67.9 Å². The lowest BCUT2D eigenvalue weighted by atomic mass is 9.96. The summed E-state index contributed by atoms with van der Waals surface area (Å²) in [5.74, 6) is 1.11. The molecule has 2 aromatic carbocycles. The number of para-hydroxylation sites is 1. The van der Waals surface area contributed by atoms with Gasteiger partial charge in [-0.05, 0) is 29.2 Å². The fraction of sp³-hybridized carbons (Fsp3) is 0.423. The lowest BCUT2D eigenvalue weighted by Crippen LogP contribution is -2.60. The molecule has 35 heavy (non-hydrogen) atoms. The topological polar surface area (TPSA) is 137 Å². The highest BCUT2D eigenvalue weighted by molar-refractivity contribution is 5.40. The van der Waals surface area contributed by atoms with Crippen molar-refractivity contribution in [2.24, 2.45) is 0 Å². The van der Waals surface area contributed by atoms with Crippen LogP contribution in [0.25, 0.3) is 0 Å². The fourth-order valence-corrected chi connectivity index (χ4v) is 4.12. The van der Waals surface area contributed by atoms with E-state index in [1.54, 1.807) is 0 Å². The Morgan fingerprint density at radius 3 is 2.31 bits per heavy atom. The number of nitrogens with one attached hydrogen (secondary N) is 1. The molecule has 1 aromatic heterocycles. The van der Waals surface area contributed by atoms with E-state index < -0.39 is 37.3 Å². The van der Waals surface area contributed by atoms with Crippen LogP contribution in [0, 0.1) is 0 Å². The normalized spacial score (nSPS) is 24.5. The monoisotopic (exact) mass is 484 g/mol. The maximum absolute atomic E-state index is 10.4. The van der Waals surface area contributed by atoms with Crippen molar-refractivity contribution >= 4 is 0 Å². The highest BCUT2D eigenvalue weighted by atomic mass is 16.7. The maximum atomic E-state index is 10.4. The number of H-pyrrole nitrogens is 1. The molecular formula is C26H32N2O7. The molecule has 1 aliphatic heterocycles. The van der Waals surface area contributed by atoms with E-state index in [4.69, 9.17) is 14.2 Å². The summed E-state index contributed by atoms with van der Waals surface area (Å²) in [5, 5.41) is 47.4. The van der Waals surface area contributed by atoms with Gasteiger partial charge in [-0.3, -0.25) is 5.10 Å². The van der Waals surface area contributed by atoms with Gasteiger partial charge in [-0.25, -0.2) is 0 Å². The average molecular weight is 485 g/mol. The molecule has 0 spiro atoms. The van der Waals surface area contributed by atoms with Crippen LogP contribution in [0.3, 0.4) is 0 Å². The molecule has 5 N–H and O–H groups in total. The average Bonchev–Trinajstić information content (AvgIpc) is 3.26. The van der Waals surface area contributed by atoms with Crippen molar-refractivity contribution in [1.82, 2.24) is 10.2 Å². The number of aliphatic hydroxyl groups is 4. The maximum Gasteiger partial charge on any atom is 0.238 e. The molecule has 9 heteroatoms. The number of aliphatic hydroxyl groups excluding tert-OH is 4. The van der Waals surface area contributed by atoms with E-state index in [0.29, 0.717) is 13.0 Å². The van der Waals surface area contributed by atoms with Gasteiger partial charge in [-0.2, -0.15) is 0 Å². The van der Waals surface area contributed by atoms with E-state index in [9.17, 15) is 20.4 Å². The second kappa shape index (κ2) is 11.2. The third-order valence-corrected chi connectivity index (χ3v) is 6.14. The van der Waals surface area contributed by atoms with Crippen molar-refractivity contribution < 1.29 is 34.6 Å². The molecule has 2 heterocycles. The molecule has 0 saturated carbocycles. The summed E-state index contributed by atoms with van der Waals surface area (Å²) in [6.07, 6.45) is -6.42. The van der Waals surface area contributed by atoms with Crippen LogP contribution in [-0.2, 0) is 17.8 Å². The standard InChI is InChI=1S/C26H32N2O7/c1-15(2)21-19(12-16-8-6-7-9-17(16)14-33-18-10-4-3-5-11-18)25(28-27-21)35-26-24(32)23(31)22(30)20(13-29)34-26/h3-11,15,20,22-24,26,29-32H,12-14H2,1-2H3,(H,27,28)/t20-,22-,23+,24-,26?/m1/s1. The largest absolute Gasteiger partial charge is 0.489 e. The van der Waals surface area contributed by atoms with Crippen LogP contribution in [0.4, 0.5) is 0 Å². The number of hydrogen-bond donors (Lipinski definition) is 5. The minimum atomic E-state index is -1.53. The van der Waals surface area contributed by atoms with Crippen molar-refractivity contribution in [2.75, 3.05) is 6.61 Å². The van der Waals surface area contributed by atoms with Crippen LogP contribution in [0.15, 0.2) is 54.6 Å². The number of rotatable bonds is 9. The van der Waals surface area contributed by atoms with E-state index in [1.807, 2.05) is 68.4 Å². The molecule has 1 saturated heterocycles. The van der Waals surface area contributed by atoms with Gasteiger partial charge in [0.2, 0.25) is 12.2 Å². The van der Waals surface area contributed by atoms with Crippen LogP contribution in [0.5, 0.6) is 11.6 Å². The van der Waals surface area contributed by atoms with E-state index in [0.717, 1.165) is 28.1 Å². The summed E-state index contributed by atoms with van der Waals surface area (Å²) in [4.78, 5) is 0. The number of benzene rings is 2. The zero-order chi connectivity index (χ0) is 24.9. The highest BCUT2D eigenvalue weighted by Gasteiger charge is 2.45. The summed E-state index contributed by atoms with van der Waals surface area (Å²) >= 11 is 0. The third kappa shape index (κ3) is 5.66. The van der Waals surface area contributed by atoms with Gasteiger partial charge in [-0.15, -0.1) is 5.10 Å². The second-order valence-electron chi connectivity index (χ2n) is 8.94. The Morgan fingerprint density at radius 1 is 0.943 bits per heavy atom. The first-order valence-corrected chi connectivity index (χ1v) is 11.7. The summed E-state index contributed by atoms with van der Waals surface area (Å²) in [5.41, 5.74) is 3.67. The summed E-state index contributed by atoms with van der Waals surface area (Å²) in [6, 6.07) is 17.5. The van der Waals surface area contributed by atoms with E-state index in [2.05, 4.69) is 10.2 Å². The molecule has 188 valence electrons. The molecule has 9 nitrogen and oxygen atoms in total. The molecule has 0 bridgehead atoms. The van der Waals surface area contributed by atoms with Gasteiger partial charge in [0.05, 0.1) is 6.61 Å². The van der Waals surface area contributed by atoms with Gasteiger partial charge >= 0.3 is 0 Å². The van der Waals surface area contributed by atoms with Crippen LogP contribution >= 0.6 is 0 Å². The van der Waals surface area contributed by atoms with Crippen LogP contribution < -0.4 is 9.47 Å². The first-order valence-electron chi connectivity index (χ1n) is 11.7. The SMILES string of the molecule is CC(C)c1[nH]nc(OC2O[C@H](CO)[C@@H](O)[C@H](O)[C@H]2O)c1Cc1ccccc1COc1ccccc1. The van der Waals surface area contributed by atoms with Crippen molar-refractivity contribution in [1.29, 1.82) is 0 Å². The van der Waals surface area contributed by atoms with E-state index in [1.165, 1.54) is 0 Å². The second-order valence-corrected chi connectivity index (χ2v) is 8.94. The van der Waals surface area contributed by atoms with Gasteiger partial charge in [-0.1, -0.05) is 56.3 Å². The van der Waals surface area contributed by atoms with Gasteiger partial charge in [0.1, 0.15) is 36.8 Å². The van der Waals surface area contributed by atoms with Crippen molar-refractivity contribution in [3.8, 4) is 11.6 Å². The number of aromatic amines is 1. The Bertz CT molecular complexity index is 1090. The number of aromatic nitrogens is 2. The van der Waals surface area contributed by atoms with E-state index >= 15 is 0 Å². The predicted molar refractivity (Wildman–Crippen MR) is 127 cm³/mol. The Labute approximate surface area is 203 Å². The summed E-state index contributed by atoms with van der Waals surface area (Å²) in [6.45, 7) is 3.90. The van der Waals surface area contributed by atoms with Crippen LogP contribution in [0.1, 0.15) is 42.1 Å². The van der Waals surface area contributed by atoms with Gasteiger partial charge in [0.25, 0.3) is 0 Å². The molecule has 4 rings (SSSR count). The van der Waals surface area contributed by atoms with Crippen molar-refractivity contribution in [3.05, 3.63) is 77.0 Å². The molecule has 5 atom stereocenters. The quantitative estimate of drug-likeness (QED) is 0.311. The minimum Gasteiger partial charge on any atom is -0.489 e.